The lowest BCUT2D eigenvalue weighted by atomic mass is 9.94. The van der Waals surface area contributed by atoms with Crippen LogP contribution in [-0.4, -0.2) is 13.0 Å². The Hall–Kier alpha value is -3.27. The number of methoxy groups -OCH3 is 1. The maximum Gasteiger partial charge on any atom is 0.251 e. The molecule has 1 amide bonds. The van der Waals surface area contributed by atoms with Gasteiger partial charge in [-0.3, -0.25) is 4.79 Å². The summed E-state index contributed by atoms with van der Waals surface area (Å²) in [4.78, 5) is 13.1. The van der Waals surface area contributed by atoms with E-state index in [1.807, 2.05) is 42.5 Å². The maximum absolute atomic E-state index is 13.1. The van der Waals surface area contributed by atoms with Crippen LogP contribution < -0.4 is 14.8 Å². The first-order valence-electron chi connectivity index (χ1n) is 11.1. The molecule has 0 fully saturated rings. The Labute approximate surface area is 191 Å². The van der Waals surface area contributed by atoms with Gasteiger partial charge in [-0.25, -0.2) is 0 Å². The van der Waals surface area contributed by atoms with Gasteiger partial charge < -0.3 is 14.8 Å². The van der Waals surface area contributed by atoms with E-state index < -0.39 is 0 Å². The zero-order valence-electron chi connectivity index (χ0n) is 19.6. The molecule has 0 bridgehead atoms. The average Bonchev–Trinajstić information content (AvgIpc) is 2.76. The van der Waals surface area contributed by atoms with Gasteiger partial charge >= 0.3 is 0 Å². The van der Waals surface area contributed by atoms with Gasteiger partial charge in [0.05, 0.1) is 13.2 Å². The number of benzene rings is 3. The van der Waals surface area contributed by atoms with Gasteiger partial charge in [0.1, 0.15) is 18.1 Å². The van der Waals surface area contributed by atoms with Gasteiger partial charge in [-0.15, -0.1) is 0 Å². The molecule has 3 aromatic carbocycles. The highest BCUT2D eigenvalue weighted by molar-refractivity contribution is 5.94. The number of ether oxygens (including phenoxy) is 2. The number of hydrogen-bond donors (Lipinski definition) is 1. The highest BCUT2D eigenvalue weighted by Gasteiger charge is 2.18. The quantitative estimate of drug-likeness (QED) is 0.426. The van der Waals surface area contributed by atoms with Gasteiger partial charge in [0.25, 0.3) is 5.91 Å². The average molecular weight is 432 g/mol. The van der Waals surface area contributed by atoms with E-state index >= 15 is 0 Å². The number of nitrogens with one attached hydrogen (secondary N) is 1. The number of carbonyl (C=O) groups excluding carboxylic acids is 1. The maximum atomic E-state index is 13.1. The van der Waals surface area contributed by atoms with Crippen LogP contribution >= 0.6 is 0 Å². The van der Waals surface area contributed by atoms with Crippen LogP contribution in [-0.2, 0) is 6.61 Å². The summed E-state index contributed by atoms with van der Waals surface area (Å²) in [5.41, 5.74) is 5.09. The van der Waals surface area contributed by atoms with E-state index in [1.165, 1.54) is 11.1 Å². The molecule has 0 aliphatic heterocycles. The molecule has 0 saturated heterocycles. The summed E-state index contributed by atoms with van der Waals surface area (Å²) in [5, 5.41) is 3.24. The van der Waals surface area contributed by atoms with Gasteiger partial charge in [-0.1, -0.05) is 67.4 Å². The monoisotopic (exact) mass is 431 g/mol. The molecular weight excluding hydrogens is 398 g/mol. The normalized spacial score (nSPS) is 11.8. The molecule has 0 saturated carbocycles. The molecule has 1 atom stereocenters. The molecule has 32 heavy (non-hydrogen) atoms. The van der Waals surface area contributed by atoms with Crippen molar-refractivity contribution >= 4 is 5.91 Å². The van der Waals surface area contributed by atoms with E-state index in [0.717, 1.165) is 23.3 Å². The Kier molecular flexibility index (Phi) is 7.93. The predicted octanol–water partition coefficient (Wildman–Crippen LogP) is 6.41. The molecule has 0 radical (unpaired) electrons. The summed E-state index contributed by atoms with van der Waals surface area (Å²) < 4.78 is 11.3. The van der Waals surface area contributed by atoms with Crippen LogP contribution in [0.3, 0.4) is 0 Å². The van der Waals surface area contributed by atoms with Crippen LogP contribution in [0.5, 0.6) is 11.5 Å². The fourth-order valence-electron chi connectivity index (χ4n) is 3.91. The second-order valence-corrected chi connectivity index (χ2v) is 8.70. The van der Waals surface area contributed by atoms with E-state index in [4.69, 9.17) is 9.47 Å². The first kappa shape index (κ1) is 23.4. The Balaban J connectivity index is 1.74. The highest BCUT2D eigenvalue weighted by atomic mass is 16.5. The highest BCUT2D eigenvalue weighted by Crippen LogP contribution is 2.25. The molecule has 0 heterocycles. The predicted molar refractivity (Wildman–Crippen MR) is 129 cm³/mol. The first-order valence-corrected chi connectivity index (χ1v) is 11.1. The lowest BCUT2D eigenvalue weighted by Gasteiger charge is -2.22. The fraction of sp³-hybridized carbons (Fsp3) is 0.321. The Morgan fingerprint density at radius 3 is 2.34 bits per heavy atom. The summed E-state index contributed by atoms with van der Waals surface area (Å²) >= 11 is 0. The number of para-hydroxylation sites is 1. The van der Waals surface area contributed by atoms with E-state index in [9.17, 15) is 4.79 Å². The van der Waals surface area contributed by atoms with Crippen molar-refractivity contribution in [3.05, 3.63) is 94.5 Å². The smallest absolute Gasteiger partial charge is 0.251 e. The second-order valence-electron chi connectivity index (χ2n) is 8.70. The van der Waals surface area contributed by atoms with Gasteiger partial charge in [0.15, 0.2) is 0 Å². The third-order valence-electron chi connectivity index (χ3n) is 5.34. The van der Waals surface area contributed by atoms with Crippen LogP contribution in [0.1, 0.15) is 58.9 Å². The van der Waals surface area contributed by atoms with E-state index in [1.54, 1.807) is 13.2 Å². The summed E-state index contributed by atoms with van der Waals surface area (Å²) in [7, 11) is 1.65. The molecule has 168 valence electrons. The topological polar surface area (TPSA) is 47.6 Å². The largest absolute Gasteiger partial charge is 0.496 e. The molecule has 4 nitrogen and oxygen atoms in total. The third kappa shape index (κ3) is 6.36. The molecule has 0 aliphatic carbocycles. The summed E-state index contributed by atoms with van der Waals surface area (Å²) in [6.45, 7) is 8.90. The van der Waals surface area contributed by atoms with Crippen molar-refractivity contribution in [3.8, 4) is 11.5 Å². The lowest BCUT2D eigenvalue weighted by Crippen LogP contribution is -2.29. The van der Waals surface area contributed by atoms with Crippen LogP contribution in [0.15, 0.2) is 66.7 Å². The van der Waals surface area contributed by atoms with Gasteiger partial charge in [-0.2, -0.15) is 0 Å². The summed E-state index contributed by atoms with van der Waals surface area (Å²) in [6, 6.07) is 21.5. The minimum atomic E-state index is -0.0995. The zero-order valence-corrected chi connectivity index (χ0v) is 19.6. The summed E-state index contributed by atoms with van der Waals surface area (Å²) in [6.07, 6.45) is 0.874. The Morgan fingerprint density at radius 2 is 1.66 bits per heavy atom. The van der Waals surface area contributed by atoms with Crippen molar-refractivity contribution in [2.75, 3.05) is 7.11 Å². The SMILES string of the molecule is COc1ccccc1COc1cccc(C(=O)NC(CC(C)C)c2cc(C)cc(C)c2)c1. The number of carbonyl (C=O) groups is 1. The van der Waals surface area contributed by atoms with Gasteiger partial charge in [0.2, 0.25) is 0 Å². The number of aryl methyl sites for hydroxylation is 2. The molecular formula is C28H33NO3. The number of hydrogen-bond acceptors (Lipinski definition) is 3. The summed E-state index contributed by atoms with van der Waals surface area (Å²) in [5.74, 6) is 1.79. The lowest BCUT2D eigenvalue weighted by molar-refractivity contribution is 0.0931. The van der Waals surface area contributed by atoms with Crippen LogP contribution in [0.2, 0.25) is 0 Å². The van der Waals surface area contributed by atoms with Gasteiger partial charge in [0, 0.05) is 11.1 Å². The van der Waals surface area contributed by atoms with Crippen molar-refractivity contribution in [1.82, 2.24) is 5.32 Å². The van der Waals surface area contributed by atoms with Crippen molar-refractivity contribution in [1.29, 1.82) is 0 Å². The van der Waals surface area contributed by atoms with E-state index in [-0.39, 0.29) is 11.9 Å². The zero-order chi connectivity index (χ0) is 23.1. The van der Waals surface area contributed by atoms with Crippen molar-refractivity contribution in [2.45, 2.75) is 46.8 Å². The van der Waals surface area contributed by atoms with E-state index in [2.05, 4.69) is 51.2 Å². The van der Waals surface area contributed by atoms with Crippen LogP contribution in [0, 0.1) is 19.8 Å². The molecule has 1 unspecified atom stereocenters. The van der Waals surface area contributed by atoms with Crippen LogP contribution in [0.25, 0.3) is 0 Å². The fourth-order valence-corrected chi connectivity index (χ4v) is 3.91. The first-order chi connectivity index (χ1) is 15.4. The van der Waals surface area contributed by atoms with Crippen molar-refractivity contribution in [2.24, 2.45) is 5.92 Å². The van der Waals surface area contributed by atoms with E-state index in [0.29, 0.717) is 23.8 Å². The molecule has 3 aromatic rings. The molecule has 3 rings (SSSR count). The molecule has 0 aromatic heterocycles. The third-order valence-corrected chi connectivity index (χ3v) is 5.34. The van der Waals surface area contributed by atoms with Crippen molar-refractivity contribution < 1.29 is 14.3 Å². The Bertz CT molecular complexity index is 1040. The Morgan fingerprint density at radius 1 is 0.938 bits per heavy atom. The second kappa shape index (κ2) is 10.9. The van der Waals surface area contributed by atoms with Crippen molar-refractivity contribution in [3.63, 3.8) is 0 Å². The van der Waals surface area contributed by atoms with Gasteiger partial charge in [-0.05, 0) is 56.0 Å². The van der Waals surface area contributed by atoms with Crippen LogP contribution in [0.4, 0.5) is 0 Å². The molecule has 0 aliphatic rings. The minimum absolute atomic E-state index is 0.0424. The minimum Gasteiger partial charge on any atom is -0.496 e. The number of rotatable bonds is 9. The standard InChI is InChI=1S/C28H33NO3/c1-19(2)13-26(24-15-20(3)14-21(4)16-24)29-28(30)22-10-8-11-25(17-22)32-18-23-9-6-7-12-27(23)31-5/h6-12,14-17,19,26H,13,18H2,1-5H3,(H,29,30). The molecule has 4 heteroatoms. The molecule has 1 N–H and O–H groups in total. The number of amides is 1. The molecule has 0 spiro atoms.